The second-order valence-electron chi connectivity index (χ2n) is 5.96. The van der Waals surface area contributed by atoms with Crippen LogP contribution in [0.5, 0.6) is 0 Å². The number of rotatable bonds is 3. The molecule has 0 atom stereocenters. The smallest absolute Gasteiger partial charge is 0.325 e. The minimum absolute atomic E-state index is 0.177. The maximum absolute atomic E-state index is 13.0. The molecule has 0 fully saturated rings. The third kappa shape index (κ3) is 3.68. The van der Waals surface area contributed by atoms with Crippen LogP contribution in [0.1, 0.15) is 33.3 Å². The number of hydrogen-bond donors (Lipinski definition) is 2. The molecule has 1 rings (SSSR count). The molecule has 1 amide bonds. The van der Waals surface area contributed by atoms with Crippen LogP contribution in [0.3, 0.4) is 0 Å². The summed E-state index contributed by atoms with van der Waals surface area (Å²) >= 11 is 5.80. The first kappa shape index (κ1) is 17.8. The molecule has 0 heterocycles. The van der Waals surface area contributed by atoms with Crippen molar-refractivity contribution in [1.82, 2.24) is 0 Å². The molecular weight excluding hydrogens is 305 g/mol. The summed E-state index contributed by atoms with van der Waals surface area (Å²) in [6.07, 6.45) is -4.62. The lowest BCUT2D eigenvalue weighted by molar-refractivity contribution is -0.137. The quantitative estimate of drug-likeness (QED) is 0.881. The number of alkyl halides is 3. The Balaban J connectivity index is 3.24. The number of para-hydroxylation sites is 1. The topological polar surface area (TPSA) is 55.1 Å². The van der Waals surface area contributed by atoms with Gasteiger partial charge in [-0.25, -0.2) is 0 Å². The Morgan fingerprint density at radius 2 is 1.71 bits per heavy atom. The Morgan fingerprint density at radius 3 is 2.14 bits per heavy atom. The normalized spacial score (nSPS) is 13.2. The second kappa shape index (κ2) is 5.50. The molecule has 118 valence electrons. The van der Waals surface area contributed by atoms with Gasteiger partial charge in [-0.1, -0.05) is 17.7 Å². The van der Waals surface area contributed by atoms with Crippen LogP contribution < -0.4 is 11.1 Å². The fourth-order valence-electron chi connectivity index (χ4n) is 1.45. The monoisotopic (exact) mass is 322 g/mol. The van der Waals surface area contributed by atoms with E-state index in [4.69, 9.17) is 17.3 Å². The Hall–Kier alpha value is -1.27. The highest BCUT2D eigenvalue weighted by atomic mass is 35.5. The summed E-state index contributed by atoms with van der Waals surface area (Å²) in [5, 5.41) is 2.08. The lowest BCUT2D eigenvalue weighted by Crippen LogP contribution is -2.53. The number of benzene rings is 1. The molecule has 0 aliphatic carbocycles. The molecule has 0 bridgehead atoms. The van der Waals surface area contributed by atoms with Gasteiger partial charge in [0, 0.05) is 5.54 Å². The summed E-state index contributed by atoms with van der Waals surface area (Å²) in [7, 11) is 0. The molecule has 3 nitrogen and oxygen atoms in total. The summed E-state index contributed by atoms with van der Waals surface area (Å²) in [6, 6.07) is 3.33. The van der Waals surface area contributed by atoms with Crippen LogP contribution >= 0.6 is 11.6 Å². The summed E-state index contributed by atoms with van der Waals surface area (Å²) in [4.78, 5) is 12.3. The van der Waals surface area contributed by atoms with Gasteiger partial charge >= 0.3 is 6.18 Å². The first-order valence-electron chi connectivity index (χ1n) is 6.24. The van der Waals surface area contributed by atoms with Crippen molar-refractivity contribution >= 4 is 23.2 Å². The molecular formula is C14H18ClF3N2O. The largest absolute Gasteiger partial charge is 0.418 e. The summed E-state index contributed by atoms with van der Waals surface area (Å²) < 4.78 is 38.9. The van der Waals surface area contributed by atoms with Crippen LogP contribution in [-0.2, 0) is 11.0 Å². The molecule has 3 N–H and O–H groups in total. The summed E-state index contributed by atoms with van der Waals surface area (Å²) in [5.41, 5.74) is 2.46. The molecule has 0 unspecified atom stereocenters. The number of anilines is 1. The lowest BCUT2D eigenvalue weighted by Gasteiger charge is -2.37. The SMILES string of the molecule is CC(C)(N)C(C)(C)C(=O)Nc1c(Cl)cccc1C(F)(F)F. The minimum atomic E-state index is -4.62. The predicted molar refractivity (Wildman–Crippen MR) is 77.1 cm³/mol. The molecule has 0 saturated heterocycles. The van der Waals surface area contributed by atoms with Crippen LogP contribution in [0.2, 0.25) is 5.02 Å². The van der Waals surface area contributed by atoms with Crippen molar-refractivity contribution in [3.05, 3.63) is 28.8 Å². The molecule has 21 heavy (non-hydrogen) atoms. The van der Waals surface area contributed by atoms with E-state index in [1.54, 1.807) is 27.7 Å². The lowest BCUT2D eigenvalue weighted by atomic mass is 9.74. The highest BCUT2D eigenvalue weighted by Gasteiger charge is 2.42. The highest BCUT2D eigenvalue weighted by Crippen LogP contribution is 2.39. The van der Waals surface area contributed by atoms with Crippen molar-refractivity contribution in [3.63, 3.8) is 0 Å². The zero-order chi connectivity index (χ0) is 16.6. The zero-order valence-electron chi connectivity index (χ0n) is 12.2. The molecule has 1 aromatic rings. The van der Waals surface area contributed by atoms with E-state index in [1.807, 2.05) is 0 Å². The Bertz CT molecular complexity index is 548. The third-order valence-electron chi connectivity index (χ3n) is 3.74. The molecule has 1 aromatic carbocycles. The van der Waals surface area contributed by atoms with Crippen LogP contribution in [0.25, 0.3) is 0 Å². The Morgan fingerprint density at radius 1 is 1.19 bits per heavy atom. The number of nitrogens with two attached hydrogens (primary N) is 1. The number of halogens is 4. The van der Waals surface area contributed by atoms with Gasteiger partial charge in [-0.2, -0.15) is 13.2 Å². The van der Waals surface area contributed by atoms with Gasteiger partial charge in [-0.15, -0.1) is 0 Å². The van der Waals surface area contributed by atoms with Crippen LogP contribution in [-0.4, -0.2) is 11.4 Å². The molecule has 0 aliphatic heterocycles. The minimum Gasteiger partial charge on any atom is -0.325 e. The fourth-order valence-corrected chi connectivity index (χ4v) is 1.67. The van der Waals surface area contributed by atoms with Crippen LogP contribution in [0.4, 0.5) is 18.9 Å². The van der Waals surface area contributed by atoms with Gasteiger partial charge in [0.1, 0.15) is 0 Å². The van der Waals surface area contributed by atoms with Gasteiger partial charge in [-0.05, 0) is 39.8 Å². The maximum atomic E-state index is 13.0. The van der Waals surface area contributed by atoms with Gasteiger partial charge in [0.25, 0.3) is 0 Å². The average molecular weight is 323 g/mol. The van der Waals surface area contributed by atoms with Gasteiger partial charge in [0.05, 0.1) is 21.7 Å². The van der Waals surface area contributed by atoms with Crippen LogP contribution in [0.15, 0.2) is 18.2 Å². The third-order valence-corrected chi connectivity index (χ3v) is 4.05. The first-order chi connectivity index (χ1) is 9.28. The molecule has 7 heteroatoms. The number of carbonyl (C=O) groups excluding carboxylic acids is 1. The van der Waals surface area contributed by atoms with Crippen molar-refractivity contribution in [1.29, 1.82) is 0 Å². The number of amides is 1. The van der Waals surface area contributed by atoms with Gasteiger partial charge in [0.15, 0.2) is 0 Å². The van der Waals surface area contributed by atoms with E-state index in [0.29, 0.717) is 0 Å². The van der Waals surface area contributed by atoms with Gasteiger partial charge < -0.3 is 11.1 Å². The average Bonchev–Trinajstić information content (AvgIpc) is 2.28. The number of carbonyl (C=O) groups is 1. The zero-order valence-corrected chi connectivity index (χ0v) is 13.0. The van der Waals surface area contributed by atoms with E-state index in [1.165, 1.54) is 12.1 Å². The molecule has 0 radical (unpaired) electrons. The number of nitrogens with one attached hydrogen (secondary N) is 1. The molecule has 0 saturated carbocycles. The van der Waals surface area contributed by atoms with Crippen molar-refractivity contribution in [2.24, 2.45) is 11.1 Å². The highest BCUT2D eigenvalue weighted by molar-refractivity contribution is 6.34. The van der Waals surface area contributed by atoms with Crippen molar-refractivity contribution in [2.75, 3.05) is 5.32 Å². The van der Waals surface area contributed by atoms with Crippen molar-refractivity contribution in [3.8, 4) is 0 Å². The van der Waals surface area contributed by atoms with Gasteiger partial charge in [-0.3, -0.25) is 4.79 Å². The van der Waals surface area contributed by atoms with E-state index >= 15 is 0 Å². The summed E-state index contributed by atoms with van der Waals surface area (Å²) in [5.74, 6) is -0.631. The molecule has 0 aromatic heterocycles. The van der Waals surface area contributed by atoms with E-state index < -0.39 is 34.3 Å². The van der Waals surface area contributed by atoms with E-state index in [9.17, 15) is 18.0 Å². The van der Waals surface area contributed by atoms with E-state index in [0.717, 1.165) is 6.07 Å². The Labute approximate surface area is 126 Å². The standard InChI is InChI=1S/C14H18ClF3N2O/c1-12(2,13(3,4)19)11(21)20-10-8(14(16,17)18)6-5-7-9(10)15/h5-7H,19H2,1-4H3,(H,20,21). The van der Waals surface area contributed by atoms with E-state index in [2.05, 4.69) is 5.32 Å². The number of hydrogen-bond acceptors (Lipinski definition) is 2. The second-order valence-corrected chi connectivity index (χ2v) is 6.37. The molecule has 0 spiro atoms. The molecule has 0 aliphatic rings. The maximum Gasteiger partial charge on any atom is 0.418 e. The first-order valence-corrected chi connectivity index (χ1v) is 6.62. The van der Waals surface area contributed by atoms with Crippen LogP contribution in [0, 0.1) is 5.41 Å². The summed E-state index contributed by atoms with van der Waals surface area (Å²) in [6.45, 7) is 6.38. The van der Waals surface area contributed by atoms with Gasteiger partial charge in [0.2, 0.25) is 5.91 Å². The van der Waals surface area contributed by atoms with Crippen molar-refractivity contribution < 1.29 is 18.0 Å². The predicted octanol–water partition coefficient (Wildman–Crippen LogP) is 4.06. The fraction of sp³-hybridized carbons (Fsp3) is 0.500. The van der Waals surface area contributed by atoms with Crippen molar-refractivity contribution in [2.45, 2.75) is 39.4 Å². The van der Waals surface area contributed by atoms with E-state index in [-0.39, 0.29) is 5.02 Å². The Kier molecular flexibility index (Phi) is 4.65.